The Morgan fingerprint density at radius 3 is 0.847 bits per heavy atom. The summed E-state index contributed by atoms with van der Waals surface area (Å²) in [5.74, 6) is -0.865. The molecular formula is C66H116O6. The second-order valence-electron chi connectivity index (χ2n) is 20.6. The molecule has 0 aliphatic rings. The Balaban J connectivity index is 4.17. The van der Waals surface area contributed by atoms with Crippen molar-refractivity contribution >= 4 is 17.9 Å². The van der Waals surface area contributed by atoms with Gasteiger partial charge in [-0.25, -0.2) is 0 Å². The van der Waals surface area contributed by atoms with Gasteiger partial charge in [-0.3, -0.25) is 14.4 Å². The summed E-state index contributed by atoms with van der Waals surface area (Å²) in [6.45, 7) is 6.54. The smallest absolute Gasteiger partial charge is 0.306 e. The fraction of sp³-hybridized carbons (Fsp3) is 0.773. The number of rotatable bonds is 56. The molecule has 72 heavy (non-hydrogen) atoms. The molecule has 0 radical (unpaired) electrons. The van der Waals surface area contributed by atoms with Crippen LogP contribution in [0.1, 0.15) is 310 Å². The molecule has 0 aromatic carbocycles. The first kappa shape index (κ1) is 68.8. The van der Waals surface area contributed by atoms with Crippen LogP contribution in [0.5, 0.6) is 0 Å². The quantitative estimate of drug-likeness (QED) is 0.0261. The van der Waals surface area contributed by atoms with E-state index >= 15 is 0 Å². The molecule has 1 atom stereocenters. The first-order valence-corrected chi connectivity index (χ1v) is 30.9. The lowest BCUT2D eigenvalue weighted by atomic mass is 10.0. The second kappa shape index (κ2) is 60.4. The predicted molar refractivity (Wildman–Crippen MR) is 311 cm³/mol. The molecular weight excluding hydrogens is 889 g/mol. The summed E-state index contributed by atoms with van der Waals surface area (Å²) in [6, 6.07) is 0. The largest absolute Gasteiger partial charge is 0.462 e. The van der Waals surface area contributed by atoms with Gasteiger partial charge >= 0.3 is 17.9 Å². The minimum absolute atomic E-state index is 0.0717. The number of allylic oxidation sites excluding steroid dienone is 12. The van der Waals surface area contributed by atoms with Crippen LogP contribution in [0.3, 0.4) is 0 Å². The van der Waals surface area contributed by atoms with Gasteiger partial charge in [-0.15, -0.1) is 0 Å². The number of unbranched alkanes of at least 4 members (excludes halogenated alkanes) is 33. The van der Waals surface area contributed by atoms with Crippen LogP contribution >= 0.6 is 0 Å². The van der Waals surface area contributed by atoms with E-state index in [1.807, 2.05) is 0 Å². The van der Waals surface area contributed by atoms with Crippen molar-refractivity contribution in [2.24, 2.45) is 0 Å². The van der Waals surface area contributed by atoms with Gasteiger partial charge in [-0.2, -0.15) is 0 Å². The van der Waals surface area contributed by atoms with Crippen molar-refractivity contribution in [2.45, 2.75) is 316 Å². The van der Waals surface area contributed by atoms with Crippen LogP contribution in [0.2, 0.25) is 0 Å². The highest BCUT2D eigenvalue weighted by Gasteiger charge is 2.19. The lowest BCUT2D eigenvalue weighted by molar-refractivity contribution is -0.167. The highest BCUT2D eigenvalue weighted by atomic mass is 16.6. The van der Waals surface area contributed by atoms with Crippen molar-refractivity contribution in [3.05, 3.63) is 72.9 Å². The molecule has 0 saturated carbocycles. The fourth-order valence-electron chi connectivity index (χ4n) is 8.86. The normalized spacial score (nSPS) is 12.5. The van der Waals surface area contributed by atoms with Gasteiger partial charge in [0.25, 0.3) is 0 Å². The minimum Gasteiger partial charge on any atom is -0.462 e. The lowest BCUT2D eigenvalue weighted by Gasteiger charge is -2.18. The maximum Gasteiger partial charge on any atom is 0.306 e. The number of ether oxygens (including phenoxy) is 3. The third kappa shape index (κ3) is 57.7. The van der Waals surface area contributed by atoms with Gasteiger partial charge in [-0.1, -0.05) is 293 Å². The molecule has 0 aromatic rings. The first-order valence-electron chi connectivity index (χ1n) is 30.9. The Labute approximate surface area is 446 Å². The molecule has 6 nitrogen and oxygen atoms in total. The van der Waals surface area contributed by atoms with Gasteiger partial charge in [0.1, 0.15) is 13.2 Å². The molecule has 0 fully saturated rings. The summed E-state index contributed by atoms with van der Waals surface area (Å²) < 4.78 is 16.9. The van der Waals surface area contributed by atoms with Gasteiger partial charge in [0.05, 0.1) is 0 Å². The summed E-state index contributed by atoms with van der Waals surface area (Å²) in [5.41, 5.74) is 0. The van der Waals surface area contributed by atoms with Crippen molar-refractivity contribution in [3.63, 3.8) is 0 Å². The monoisotopic (exact) mass is 1000 g/mol. The number of hydrogen-bond acceptors (Lipinski definition) is 6. The Morgan fingerprint density at radius 1 is 0.292 bits per heavy atom. The van der Waals surface area contributed by atoms with E-state index in [0.29, 0.717) is 19.3 Å². The number of carbonyl (C=O) groups excluding carboxylic acids is 3. The molecule has 1 unspecified atom stereocenters. The van der Waals surface area contributed by atoms with E-state index in [0.717, 1.165) is 96.3 Å². The van der Waals surface area contributed by atoms with Crippen molar-refractivity contribution in [1.29, 1.82) is 0 Å². The predicted octanol–water partition coefficient (Wildman–Crippen LogP) is 20.9. The number of esters is 3. The molecule has 0 aromatic heterocycles. The average molecular weight is 1010 g/mol. The summed E-state index contributed by atoms with van der Waals surface area (Å²) in [5, 5.41) is 0. The maximum atomic E-state index is 12.8. The van der Waals surface area contributed by atoms with Gasteiger partial charge < -0.3 is 14.2 Å². The molecule has 0 heterocycles. The van der Waals surface area contributed by atoms with E-state index in [1.54, 1.807) is 0 Å². The van der Waals surface area contributed by atoms with E-state index in [2.05, 4.69) is 93.7 Å². The van der Waals surface area contributed by atoms with E-state index in [4.69, 9.17) is 14.2 Å². The fourth-order valence-corrected chi connectivity index (χ4v) is 8.86. The van der Waals surface area contributed by atoms with Gasteiger partial charge in [0.2, 0.25) is 0 Å². The Kier molecular flexibility index (Phi) is 57.8. The Morgan fingerprint density at radius 2 is 0.542 bits per heavy atom. The van der Waals surface area contributed by atoms with Crippen LogP contribution in [0, 0.1) is 0 Å². The standard InChI is InChI=1S/C66H116O6/c1-4-7-10-13-16-19-21-23-25-27-28-29-30-31-32-33-34-35-36-37-38-39-41-42-44-47-50-53-56-59-65(68)71-62-63(61-70-64(67)58-55-52-49-46-18-15-12-9-6-3)72-66(69)60-57-54-51-48-45-43-40-26-24-22-20-17-14-11-8-5-2/h7,10,16,19,23,25,28-29,31-32,34-35,63H,4-6,8-9,11-15,17-18,20-22,24,26-27,30,33,36-62H2,1-3H3/b10-7-,19-16-,25-23-,29-28-,32-31-,35-34-. The van der Waals surface area contributed by atoms with Crippen molar-refractivity contribution in [3.8, 4) is 0 Å². The van der Waals surface area contributed by atoms with Gasteiger partial charge in [0, 0.05) is 19.3 Å². The molecule has 0 saturated heterocycles. The van der Waals surface area contributed by atoms with Crippen LogP contribution in [0.15, 0.2) is 72.9 Å². The SMILES string of the molecule is CC/C=C\C/C=C\C/C=C\C/C=C\C/C=C\C/C=C\CCCCCCCCCCCCC(=O)OCC(COC(=O)CCCCCCCCCCC)OC(=O)CCCCCCCCCCCCCCCCCC. The summed E-state index contributed by atoms with van der Waals surface area (Å²) in [4.78, 5) is 38.1. The number of carbonyl (C=O) groups is 3. The molecule has 6 heteroatoms. The van der Waals surface area contributed by atoms with Crippen LogP contribution < -0.4 is 0 Å². The Bertz CT molecular complexity index is 1340. The molecule has 0 N–H and O–H groups in total. The third-order valence-corrected chi connectivity index (χ3v) is 13.5. The highest BCUT2D eigenvalue weighted by Crippen LogP contribution is 2.17. The number of hydrogen-bond donors (Lipinski definition) is 0. The third-order valence-electron chi connectivity index (χ3n) is 13.5. The molecule has 0 spiro atoms. The zero-order valence-corrected chi connectivity index (χ0v) is 47.7. The van der Waals surface area contributed by atoms with E-state index in [1.165, 1.54) is 173 Å². The average Bonchev–Trinajstić information content (AvgIpc) is 3.38. The molecule has 0 bridgehead atoms. The zero-order chi connectivity index (χ0) is 52.2. The Hall–Kier alpha value is -3.15. The summed E-state index contributed by atoms with van der Waals surface area (Å²) in [6.07, 6.45) is 77.7. The minimum atomic E-state index is -0.772. The van der Waals surface area contributed by atoms with Gasteiger partial charge in [0.15, 0.2) is 6.10 Å². The van der Waals surface area contributed by atoms with Crippen LogP contribution in [0.4, 0.5) is 0 Å². The van der Waals surface area contributed by atoms with Crippen LogP contribution in [0.25, 0.3) is 0 Å². The zero-order valence-electron chi connectivity index (χ0n) is 47.7. The summed E-state index contributed by atoms with van der Waals surface area (Å²) in [7, 11) is 0. The molecule has 0 amide bonds. The van der Waals surface area contributed by atoms with Crippen molar-refractivity contribution < 1.29 is 28.6 Å². The topological polar surface area (TPSA) is 78.9 Å². The second-order valence-corrected chi connectivity index (χ2v) is 20.6. The van der Waals surface area contributed by atoms with Crippen molar-refractivity contribution in [2.75, 3.05) is 13.2 Å². The highest BCUT2D eigenvalue weighted by molar-refractivity contribution is 5.71. The summed E-state index contributed by atoms with van der Waals surface area (Å²) >= 11 is 0. The van der Waals surface area contributed by atoms with Crippen LogP contribution in [-0.4, -0.2) is 37.2 Å². The molecule has 0 aliphatic carbocycles. The lowest BCUT2D eigenvalue weighted by Crippen LogP contribution is -2.30. The molecule has 0 rings (SSSR count). The maximum absolute atomic E-state index is 12.8. The first-order chi connectivity index (χ1) is 35.5. The molecule has 0 aliphatic heterocycles. The van der Waals surface area contributed by atoms with Crippen LogP contribution in [-0.2, 0) is 28.6 Å². The van der Waals surface area contributed by atoms with Gasteiger partial charge in [-0.05, 0) is 70.6 Å². The van der Waals surface area contributed by atoms with E-state index in [-0.39, 0.29) is 31.1 Å². The molecule has 416 valence electrons. The van der Waals surface area contributed by atoms with E-state index in [9.17, 15) is 14.4 Å². The van der Waals surface area contributed by atoms with E-state index < -0.39 is 6.10 Å². The van der Waals surface area contributed by atoms with Crippen molar-refractivity contribution in [1.82, 2.24) is 0 Å².